The van der Waals surface area contributed by atoms with Gasteiger partial charge in [0, 0.05) is 12.0 Å². The zero-order chi connectivity index (χ0) is 11.0. The maximum Gasteiger partial charge on any atom is 0.207 e. The third-order valence-electron chi connectivity index (χ3n) is 4.88. The van der Waals surface area contributed by atoms with Crippen molar-refractivity contribution >= 4 is 6.41 Å². The second-order valence-electron chi connectivity index (χ2n) is 5.65. The van der Waals surface area contributed by atoms with E-state index in [2.05, 4.69) is 5.32 Å². The van der Waals surface area contributed by atoms with Crippen LogP contribution in [-0.4, -0.2) is 12.5 Å². The van der Waals surface area contributed by atoms with Crippen molar-refractivity contribution in [1.29, 1.82) is 0 Å². The van der Waals surface area contributed by atoms with Crippen LogP contribution in [0.25, 0.3) is 0 Å². The van der Waals surface area contributed by atoms with Crippen LogP contribution in [0.5, 0.6) is 0 Å². The molecule has 0 aromatic carbocycles. The Kier molecular flexibility index (Phi) is 2.74. The molecule has 3 atom stereocenters. The number of hydrogen-bond donors (Lipinski definition) is 1. The van der Waals surface area contributed by atoms with Gasteiger partial charge in [-0.25, -0.2) is 0 Å². The second kappa shape index (κ2) is 4.23. The Morgan fingerprint density at radius 3 is 2.88 bits per heavy atom. The fraction of sp³-hybridized carbons (Fsp3) is 0.786. The van der Waals surface area contributed by atoms with Gasteiger partial charge in [0.05, 0.1) is 0 Å². The summed E-state index contributed by atoms with van der Waals surface area (Å²) in [6, 6.07) is 0.461. The molecular weight excluding hydrogens is 198 g/mol. The maximum atomic E-state index is 10.7. The number of carbonyl (C=O) groups is 1. The van der Waals surface area contributed by atoms with Crippen LogP contribution in [0, 0.1) is 11.8 Å². The predicted molar refractivity (Wildman–Crippen MR) is 63.9 cm³/mol. The van der Waals surface area contributed by atoms with Gasteiger partial charge in [-0.1, -0.05) is 17.6 Å². The minimum atomic E-state index is 0.461. The van der Waals surface area contributed by atoms with Crippen molar-refractivity contribution in [2.24, 2.45) is 11.8 Å². The molecule has 0 aromatic heterocycles. The van der Waals surface area contributed by atoms with Crippen molar-refractivity contribution in [2.45, 2.75) is 57.4 Å². The Balaban J connectivity index is 1.90. The van der Waals surface area contributed by atoms with Crippen molar-refractivity contribution < 1.29 is 4.79 Å². The Hall–Kier alpha value is -0.790. The van der Waals surface area contributed by atoms with Crippen LogP contribution in [0.3, 0.4) is 0 Å². The summed E-state index contributed by atoms with van der Waals surface area (Å²) < 4.78 is 0. The number of amides is 1. The molecule has 0 spiro atoms. The van der Waals surface area contributed by atoms with Crippen molar-refractivity contribution in [2.75, 3.05) is 0 Å². The van der Waals surface area contributed by atoms with Crippen LogP contribution < -0.4 is 5.32 Å². The quantitative estimate of drug-likeness (QED) is 0.561. The van der Waals surface area contributed by atoms with Crippen molar-refractivity contribution in [3.8, 4) is 0 Å². The summed E-state index contributed by atoms with van der Waals surface area (Å²) in [6.07, 6.45) is 11.6. The Morgan fingerprint density at radius 1 is 1.12 bits per heavy atom. The summed E-state index contributed by atoms with van der Waals surface area (Å²) in [7, 11) is 0. The monoisotopic (exact) mass is 219 g/mol. The minimum Gasteiger partial charge on any atom is -0.355 e. The van der Waals surface area contributed by atoms with Gasteiger partial charge >= 0.3 is 0 Å². The fourth-order valence-corrected chi connectivity index (χ4v) is 4.23. The van der Waals surface area contributed by atoms with Crippen molar-refractivity contribution in [3.05, 3.63) is 11.1 Å². The maximum absolute atomic E-state index is 10.7. The first-order valence-corrected chi connectivity index (χ1v) is 6.80. The molecule has 0 heterocycles. The zero-order valence-electron chi connectivity index (χ0n) is 9.87. The molecule has 0 aliphatic heterocycles. The first-order valence-electron chi connectivity index (χ1n) is 6.80. The molecular formula is C14H21NO. The molecule has 2 nitrogen and oxygen atoms in total. The molecule has 1 amide bonds. The third kappa shape index (κ3) is 1.59. The summed E-state index contributed by atoms with van der Waals surface area (Å²) in [5.41, 5.74) is 3.51. The number of allylic oxidation sites excluding steroid dienone is 1. The Bertz CT molecular complexity index is 321. The van der Waals surface area contributed by atoms with Gasteiger partial charge in [0.15, 0.2) is 0 Å². The molecule has 16 heavy (non-hydrogen) atoms. The highest BCUT2D eigenvalue weighted by Gasteiger charge is 2.40. The third-order valence-corrected chi connectivity index (χ3v) is 4.88. The summed E-state index contributed by atoms with van der Waals surface area (Å²) in [6.45, 7) is 0. The highest BCUT2D eigenvalue weighted by molar-refractivity contribution is 5.48. The molecule has 3 rings (SSSR count). The van der Waals surface area contributed by atoms with E-state index < -0.39 is 0 Å². The molecule has 0 aromatic rings. The second-order valence-corrected chi connectivity index (χ2v) is 5.65. The van der Waals surface area contributed by atoms with Crippen LogP contribution >= 0.6 is 0 Å². The molecule has 88 valence electrons. The topological polar surface area (TPSA) is 29.1 Å². The summed E-state index contributed by atoms with van der Waals surface area (Å²) in [4.78, 5) is 10.7. The lowest BCUT2D eigenvalue weighted by Gasteiger charge is -2.46. The van der Waals surface area contributed by atoms with Crippen LogP contribution in [0.1, 0.15) is 51.4 Å². The number of carbonyl (C=O) groups excluding carboxylic acids is 1. The normalized spacial score (nSPS) is 37.9. The SMILES string of the molecule is O=CNC1C2CCCC1C1=C(CCCC1)C2. The Morgan fingerprint density at radius 2 is 2.00 bits per heavy atom. The van der Waals surface area contributed by atoms with E-state index in [4.69, 9.17) is 0 Å². The van der Waals surface area contributed by atoms with Gasteiger partial charge in [-0.2, -0.15) is 0 Å². The molecule has 3 unspecified atom stereocenters. The summed E-state index contributed by atoms with van der Waals surface area (Å²) in [5, 5.41) is 3.10. The summed E-state index contributed by atoms with van der Waals surface area (Å²) in [5.74, 6) is 1.42. The van der Waals surface area contributed by atoms with Gasteiger partial charge in [-0.05, 0) is 50.9 Å². The highest BCUT2D eigenvalue weighted by atomic mass is 16.1. The first kappa shape index (κ1) is 10.4. The van der Waals surface area contributed by atoms with Crippen LogP contribution in [0.4, 0.5) is 0 Å². The van der Waals surface area contributed by atoms with E-state index in [0.717, 1.165) is 12.3 Å². The van der Waals surface area contributed by atoms with Gasteiger partial charge < -0.3 is 5.32 Å². The van der Waals surface area contributed by atoms with Crippen LogP contribution in [-0.2, 0) is 4.79 Å². The van der Waals surface area contributed by atoms with Gasteiger partial charge in [0.2, 0.25) is 6.41 Å². The van der Waals surface area contributed by atoms with Gasteiger partial charge in [-0.3, -0.25) is 4.79 Å². The lowest BCUT2D eigenvalue weighted by atomic mass is 9.63. The van der Waals surface area contributed by atoms with Crippen molar-refractivity contribution in [3.63, 3.8) is 0 Å². The molecule has 3 aliphatic carbocycles. The number of fused-ring (bicyclic) bond motifs is 3. The smallest absolute Gasteiger partial charge is 0.207 e. The van der Waals surface area contributed by atoms with E-state index in [1.54, 1.807) is 11.1 Å². The lowest BCUT2D eigenvalue weighted by molar-refractivity contribution is -0.111. The van der Waals surface area contributed by atoms with E-state index in [9.17, 15) is 4.79 Å². The Labute approximate surface area is 97.5 Å². The molecule has 1 fully saturated rings. The molecule has 0 saturated heterocycles. The standard InChI is InChI=1S/C14H21NO/c16-9-15-14-11-5-3-7-13(14)12-6-2-1-4-10(12)8-11/h9,11,13-14H,1-8H2,(H,15,16). The minimum absolute atomic E-state index is 0.461. The molecule has 2 heteroatoms. The number of rotatable bonds is 2. The number of hydrogen-bond acceptors (Lipinski definition) is 1. The largest absolute Gasteiger partial charge is 0.355 e. The average molecular weight is 219 g/mol. The average Bonchev–Trinajstić information content (AvgIpc) is 2.30. The molecule has 3 aliphatic rings. The first-order chi connectivity index (χ1) is 7.90. The van der Waals surface area contributed by atoms with Crippen LogP contribution in [0.15, 0.2) is 11.1 Å². The molecule has 2 bridgehead atoms. The predicted octanol–water partition coefficient (Wildman–Crippen LogP) is 2.79. The van der Waals surface area contributed by atoms with E-state index in [1.807, 2.05) is 0 Å². The van der Waals surface area contributed by atoms with E-state index in [-0.39, 0.29) is 0 Å². The van der Waals surface area contributed by atoms with Gasteiger partial charge in [0.1, 0.15) is 0 Å². The van der Waals surface area contributed by atoms with E-state index in [0.29, 0.717) is 12.0 Å². The highest BCUT2D eigenvalue weighted by Crippen LogP contribution is 2.47. The summed E-state index contributed by atoms with van der Waals surface area (Å²) >= 11 is 0. The van der Waals surface area contributed by atoms with E-state index in [1.165, 1.54) is 51.4 Å². The van der Waals surface area contributed by atoms with Gasteiger partial charge in [0.25, 0.3) is 0 Å². The zero-order valence-corrected chi connectivity index (χ0v) is 9.87. The number of nitrogens with one attached hydrogen (secondary N) is 1. The van der Waals surface area contributed by atoms with Gasteiger partial charge in [-0.15, -0.1) is 0 Å². The van der Waals surface area contributed by atoms with Crippen molar-refractivity contribution in [1.82, 2.24) is 5.32 Å². The van der Waals surface area contributed by atoms with Crippen LogP contribution in [0.2, 0.25) is 0 Å². The molecule has 0 radical (unpaired) electrons. The fourth-order valence-electron chi connectivity index (χ4n) is 4.23. The lowest BCUT2D eigenvalue weighted by Crippen LogP contribution is -2.48. The molecule has 1 saturated carbocycles. The molecule has 1 N–H and O–H groups in total. The van der Waals surface area contributed by atoms with E-state index >= 15 is 0 Å².